The van der Waals surface area contributed by atoms with Crippen molar-refractivity contribution in [2.75, 3.05) is 20.1 Å². The van der Waals surface area contributed by atoms with Gasteiger partial charge in [0.1, 0.15) is 5.75 Å². The Labute approximate surface area is 138 Å². The Morgan fingerprint density at radius 3 is 2.48 bits per heavy atom. The minimum Gasteiger partial charge on any atom is -0.508 e. The molecule has 1 aliphatic carbocycles. The van der Waals surface area contributed by atoms with Crippen LogP contribution in [0.4, 0.5) is 0 Å². The molecule has 0 saturated carbocycles. The van der Waals surface area contributed by atoms with Crippen molar-refractivity contribution in [2.45, 2.75) is 31.6 Å². The molecule has 2 atom stereocenters. The van der Waals surface area contributed by atoms with E-state index in [2.05, 4.69) is 49.2 Å². The first-order valence-electron chi connectivity index (χ1n) is 8.57. The predicted molar refractivity (Wildman–Crippen MR) is 93.9 cm³/mol. The van der Waals surface area contributed by atoms with Gasteiger partial charge in [0.25, 0.3) is 0 Å². The lowest BCUT2D eigenvalue weighted by molar-refractivity contribution is 0.0157. The molecule has 120 valence electrons. The summed E-state index contributed by atoms with van der Waals surface area (Å²) in [5.74, 6) is 0.386. The molecule has 1 heterocycles. The van der Waals surface area contributed by atoms with Crippen LogP contribution in [0.1, 0.15) is 30.0 Å². The molecular formula is C21H25NO. The van der Waals surface area contributed by atoms with Crippen LogP contribution in [0, 0.1) is 5.41 Å². The maximum atomic E-state index is 10.1. The molecule has 2 aliphatic rings. The molecule has 2 aromatic rings. The lowest BCUT2D eigenvalue weighted by atomic mass is 9.50. The van der Waals surface area contributed by atoms with E-state index in [0.29, 0.717) is 5.75 Å². The molecule has 0 spiro atoms. The van der Waals surface area contributed by atoms with E-state index >= 15 is 0 Å². The minimum atomic E-state index is 0.118. The summed E-state index contributed by atoms with van der Waals surface area (Å²) >= 11 is 0. The zero-order valence-electron chi connectivity index (χ0n) is 14.0. The van der Waals surface area contributed by atoms with E-state index in [0.717, 1.165) is 32.4 Å². The smallest absolute Gasteiger partial charge is 0.115 e. The van der Waals surface area contributed by atoms with Gasteiger partial charge in [0.15, 0.2) is 0 Å². The quantitative estimate of drug-likeness (QED) is 0.867. The Kier molecular flexibility index (Phi) is 3.28. The number of hydrogen-bond donors (Lipinski definition) is 1. The number of piperidine rings is 1. The number of benzene rings is 2. The van der Waals surface area contributed by atoms with Gasteiger partial charge in [-0.3, -0.25) is 0 Å². The molecule has 1 N–H and O–H groups in total. The first-order chi connectivity index (χ1) is 11.0. The molecule has 0 bridgehead atoms. The Bertz CT molecular complexity index is 740. The van der Waals surface area contributed by atoms with Gasteiger partial charge >= 0.3 is 0 Å². The average Bonchev–Trinajstić information content (AvgIpc) is 2.52. The van der Waals surface area contributed by atoms with E-state index in [-0.39, 0.29) is 10.8 Å². The van der Waals surface area contributed by atoms with E-state index in [1.807, 2.05) is 12.1 Å². The first-order valence-corrected chi connectivity index (χ1v) is 8.57. The van der Waals surface area contributed by atoms with Crippen LogP contribution in [0.3, 0.4) is 0 Å². The van der Waals surface area contributed by atoms with Gasteiger partial charge in [0, 0.05) is 12.0 Å². The van der Waals surface area contributed by atoms with Gasteiger partial charge in [-0.15, -0.1) is 0 Å². The molecule has 2 heteroatoms. The zero-order chi connectivity index (χ0) is 16.1. The lowest BCUT2D eigenvalue weighted by Crippen LogP contribution is -2.59. The van der Waals surface area contributed by atoms with Crippen molar-refractivity contribution in [3.8, 4) is 5.75 Å². The number of nitrogens with zero attached hydrogens (tertiary/aromatic N) is 1. The summed E-state index contributed by atoms with van der Waals surface area (Å²) in [5.41, 5.74) is 4.61. The highest BCUT2D eigenvalue weighted by atomic mass is 16.3. The van der Waals surface area contributed by atoms with Crippen molar-refractivity contribution in [3.63, 3.8) is 0 Å². The Morgan fingerprint density at radius 1 is 1.00 bits per heavy atom. The SMILES string of the molecule is CN1CCC2(c3cccc(O)c3)Cc3ccccc3CC2(C)C1. The van der Waals surface area contributed by atoms with E-state index in [1.54, 1.807) is 6.07 Å². The Balaban J connectivity index is 1.90. The molecule has 23 heavy (non-hydrogen) atoms. The van der Waals surface area contributed by atoms with Crippen molar-refractivity contribution >= 4 is 0 Å². The topological polar surface area (TPSA) is 23.5 Å². The third-order valence-electron chi connectivity index (χ3n) is 6.28. The van der Waals surface area contributed by atoms with Gasteiger partial charge in [0.2, 0.25) is 0 Å². The second-order valence-corrected chi connectivity index (χ2v) is 7.80. The molecule has 0 radical (unpaired) electrons. The normalized spacial score (nSPS) is 30.5. The molecule has 0 amide bonds. The second-order valence-electron chi connectivity index (χ2n) is 7.80. The average molecular weight is 307 g/mol. The van der Waals surface area contributed by atoms with Gasteiger partial charge in [0.05, 0.1) is 0 Å². The molecule has 0 aromatic heterocycles. The maximum absolute atomic E-state index is 10.1. The number of phenolic OH excluding ortho intramolecular Hbond substituents is 1. The summed E-state index contributed by atoms with van der Waals surface area (Å²) in [7, 11) is 2.23. The molecule has 2 nitrogen and oxygen atoms in total. The standard InChI is InChI=1S/C21H25NO/c1-20-13-16-6-3-4-7-17(16)14-21(20,10-11-22(2)15-20)18-8-5-9-19(23)12-18/h3-9,12,23H,10-11,13-15H2,1-2H3. The van der Waals surface area contributed by atoms with Crippen molar-refractivity contribution in [2.24, 2.45) is 5.41 Å². The fraction of sp³-hybridized carbons (Fsp3) is 0.429. The predicted octanol–water partition coefficient (Wildman–Crippen LogP) is 3.77. The third-order valence-corrected chi connectivity index (χ3v) is 6.28. The monoisotopic (exact) mass is 307 g/mol. The van der Waals surface area contributed by atoms with E-state index in [9.17, 15) is 5.11 Å². The van der Waals surface area contributed by atoms with Crippen LogP contribution in [-0.2, 0) is 18.3 Å². The molecule has 2 unspecified atom stereocenters. The highest BCUT2D eigenvalue weighted by Crippen LogP contribution is 2.55. The van der Waals surface area contributed by atoms with Crippen LogP contribution >= 0.6 is 0 Å². The molecular weight excluding hydrogens is 282 g/mol. The van der Waals surface area contributed by atoms with Gasteiger partial charge < -0.3 is 10.0 Å². The van der Waals surface area contributed by atoms with Crippen molar-refractivity contribution in [1.29, 1.82) is 0 Å². The zero-order valence-corrected chi connectivity index (χ0v) is 14.0. The van der Waals surface area contributed by atoms with Crippen molar-refractivity contribution in [3.05, 3.63) is 65.2 Å². The number of likely N-dealkylation sites (tertiary alicyclic amines) is 1. The van der Waals surface area contributed by atoms with Crippen LogP contribution in [0.25, 0.3) is 0 Å². The molecule has 1 fully saturated rings. The Morgan fingerprint density at radius 2 is 1.74 bits per heavy atom. The van der Waals surface area contributed by atoms with Crippen molar-refractivity contribution < 1.29 is 5.11 Å². The molecule has 4 rings (SSSR count). The fourth-order valence-electron chi connectivity index (χ4n) is 5.08. The number of aromatic hydroxyl groups is 1. The largest absolute Gasteiger partial charge is 0.508 e. The highest BCUT2D eigenvalue weighted by Gasteiger charge is 2.54. The molecule has 2 aromatic carbocycles. The van der Waals surface area contributed by atoms with Gasteiger partial charge in [-0.2, -0.15) is 0 Å². The van der Waals surface area contributed by atoms with E-state index in [1.165, 1.54) is 16.7 Å². The Hall–Kier alpha value is -1.80. The van der Waals surface area contributed by atoms with E-state index < -0.39 is 0 Å². The van der Waals surface area contributed by atoms with Crippen LogP contribution in [-0.4, -0.2) is 30.1 Å². The van der Waals surface area contributed by atoms with Crippen LogP contribution in [0.15, 0.2) is 48.5 Å². The summed E-state index contributed by atoms with van der Waals surface area (Å²) in [6, 6.07) is 16.9. The number of phenols is 1. The third kappa shape index (κ3) is 2.20. The number of fused-ring (bicyclic) bond motifs is 2. The molecule has 1 aliphatic heterocycles. The fourth-order valence-corrected chi connectivity index (χ4v) is 5.08. The van der Waals surface area contributed by atoms with Crippen LogP contribution < -0.4 is 0 Å². The minimum absolute atomic E-state index is 0.118. The van der Waals surface area contributed by atoms with Gasteiger partial charge in [-0.1, -0.05) is 43.3 Å². The summed E-state index contributed by atoms with van der Waals surface area (Å²) < 4.78 is 0. The maximum Gasteiger partial charge on any atom is 0.115 e. The number of rotatable bonds is 1. The first kappa shape index (κ1) is 14.8. The summed E-state index contributed by atoms with van der Waals surface area (Å²) in [6.07, 6.45) is 3.35. The van der Waals surface area contributed by atoms with Crippen LogP contribution in [0.2, 0.25) is 0 Å². The second kappa shape index (κ2) is 5.10. The highest BCUT2D eigenvalue weighted by molar-refractivity contribution is 5.43. The summed E-state index contributed by atoms with van der Waals surface area (Å²) in [6.45, 7) is 4.67. The molecule has 1 saturated heterocycles. The summed E-state index contributed by atoms with van der Waals surface area (Å²) in [4.78, 5) is 2.47. The number of hydrogen-bond acceptors (Lipinski definition) is 2. The van der Waals surface area contributed by atoms with Gasteiger partial charge in [-0.05, 0) is 67.1 Å². The summed E-state index contributed by atoms with van der Waals surface area (Å²) in [5, 5.41) is 10.1. The van der Waals surface area contributed by atoms with E-state index in [4.69, 9.17) is 0 Å². The van der Waals surface area contributed by atoms with Crippen molar-refractivity contribution in [1.82, 2.24) is 4.90 Å². The van der Waals surface area contributed by atoms with Gasteiger partial charge in [-0.25, -0.2) is 0 Å². The lowest BCUT2D eigenvalue weighted by Gasteiger charge is -2.58. The van der Waals surface area contributed by atoms with Crippen LogP contribution in [0.5, 0.6) is 5.75 Å².